The average molecular weight is 295 g/mol. The van der Waals surface area contributed by atoms with Crippen molar-refractivity contribution in [1.29, 1.82) is 0 Å². The van der Waals surface area contributed by atoms with Crippen molar-refractivity contribution in [2.24, 2.45) is 0 Å². The Labute approximate surface area is 121 Å². The molecule has 108 valence electrons. The van der Waals surface area contributed by atoms with E-state index in [-0.39, 0.29) is 17.7 Å². The van der Waals surface area contributed by atoms with Crippen LogP contribution < -0.4 is 21.1 Å². The fraction of sp³-hybridized carbons (Fsp3) is 0.385. The van der Waals surface area contributed by atoms with Crippen molar-refractivity contribution < 1.29 is 14.3 Å². The maximum Gasteiger partial charge on any atom is 0.321 e. The van der Waals surface area contributed by atoms with Gasteiger partial charge in [0.2, 0.25) is 5.91 Å². The molecule has 1 fully saturated rings. The number of urea groups is 1. The second-order valence-electron chi connectivity index (χ2n) is 4.49. The number of thioether (sulfide) groups is 1. The van der Waals surface area contributed by atoms with Crippen molar-refractivity contribution in [3.63, 3.8) is 0 Å². The standard InChI is InChI=1S/C13H17N3O3S/c1-19-10-6-8(14)2-5-11(10)20-7-12(17)16-13(18)15-9-3-4-9/h2,5-6,9H,3-4,7,14H2,1H3,(H2,15,16,17,18). The molecule has 0 saturated heterocycles. The molecule has 0 aliphatic heterocycles. The van der Waals surface area contributed by atoms with Crippen LogP contribution in [0.15, 0.2) is 23.1 Å². The minimum atomic E-state index is -0.428. The van der Waals surface area contributed by atoms with E-state index in [1.54, 1.807) is 25.3 Å². The molecule has 0 aromatic heterocycles. The van der Waals surface area contributed by atoms with Gasteiger partial charge in [-0.1, -0.05) is 0 Å². The first-order chi connectivity index (χ1) is 9.58. The summed E-state index contributed by atoms with van der Waals surface area (Å²) in [5.74, 6) is 0.413. The lowest BCUT2D eigenvalue weighted by atomic mass is 10.3. The molecule has 2 rings (SSSR count). The van der Waals surface area contributed by atoms with Crippen molar-refractivity contribution in [2.45, 2.75) is 23.8 Å². The van der Waals surface area contributed by atoms with Crippen LogP contribution in [0.1, 0.15) is 12.8 Å². The quantitative estimate of drug-likeness (QED) is 0.563. The predicted octanol–water partition coefficient (Wildman–Crippen LogP) is 1.36. The summed E-state index contributed by atoms with van der Waals surface area (Å²) in [5.41, 5.74) is 6.25. The van der Waals surface area contributed by atoms with Crippen LogP contribution in [0.5, 0.6) is 5.75 Å². The molecular weight excluding hydrogens is 278 g/mol. The molecule has 0 heterocycles. The summed E-state index contributed by atoms with van der Waals surface area (Å²) in [5, 5.41) is 4.99. The summed E-state index contributed by atoms with van der Waals surface area (Å²) in [7, 11) is 1.54. The number of rotatable bonds is 5. The first-order valence-corrected chi connectivity index (χ1v) is 7.23. The van der Waals surface area contributed by atoms with Crippen LogP contribution in [0.4, 0.5) is 10.5 Å². The van der Waals surface area contributed by atoms with Gasteiger partial charge in [-0.25, -0.2) is 4.79 Å². The van der Waals surface area contributed by atoms with E-state index in [2.05, 4.69) is 10.6 Å². The van der Waals surface area contributed by atoms with Gasteiger partial charge in [-0.05, 0) is 25.0 Å². The predicted molar refractivity (Wildman–Crippen MR) is 77.8 cm³/mol. The van der Waals surface area contributed by atoms with Gasteiger partial charge in [-0.2, -0.15) is 0 Å². The van der Waals surface area contributed by atoms with Crippen molar-refractivity contribution in [3.05, 3.63) is 18.2 Å². The topological polar surface area (TPSA) is 93.4 Å². The van der Waals surface area contributed by atoms with Gasteiger partial charge >= 0.3 is 6.03 Å². The lowest BCUT2D eigenvalue weighted by Gasteiger charge is -2.09. The second-order valence-corrected chi connectivity index (χ2v) is 5.51. The number of hydrogen-bond acceptors (Lipinski definition) is 5. The van der Waals surface area contributed by atoms with E-state index in [1.165, 1.54) is 11.8 Å². The SMILES string of the molecule is COc1cc(N)ccc1SCC(=O)NC(=O)NC1CC1. The zero-order valence-electron chi connectivity index (χ0n) is 11.1. The molecule has 0 unspecified atom stereocenters. The summed E-state index contributed by atoms with van der Waals surface area (Å²) < 4.78 is 5.19. The van der Waals surface area contributed by atoms with Gasteiger partial charge in [0, 0.05) is 22.7 Å². The molecule has 1 aromatic rings. The van der Waals surface area contributed by atoms with E-state index in [1.807, 2.05) is 0 Å². The Bertz CT molecular complexity index is 518. The summed E-state index contributed by atoms with van der Waals surface area (Å²) in [6.07, 6.45) is 1.97. The van der Waals surface area contributed by atoms with E-state index in [4.69, 9.17) is 10.5 Å². The van der Waals surface area contributed by atoms with Crippen LogP contribution in [0, 0.1) is 0 Å². The number of imide groups is 1. The fourth-order valence-electron chi connectivity index (χ4n) is 1.56. The van der Waals surface area contributed by atoms with Gasteiger partial charge in [0.1, 0.15) is 5.75 Å². The highest BCUT2D eigenvalue weighted by Crippen LogP contribution is 2.30. The van der Waals surface area contributed by atoms with E-state index >= 15 is 0 Å². The van der Waals surface area contributed by atoms with Crippen LogP contribution in [0.2, 0.25) is 0 Å². The summed E-state index contributed by atoms with van der Waals surface area (Å²) in [6, 6.07) is 5.02. The Balaban J connectivity index is 1.81. The first-order valence-electron chi connectivity index (χ1n) is 6.25. The van der Waals surface area contributed by atoms with Gasteiger partial charge in [0.25, 0.3) is 0 Å². The van der Waals surface area contributed by atoms with Crippen molar-refractivity contribution in [1.82, 2.24) is 10.6 Å². The second kappa shape index (κ2) is 6.51. The summed E-state index contributed by atoms with van der Waals surface area (Å²) in [6.45, 7) is 0. The van der Waals surface area contributed by atoms with E-state index in [9.17, 15) is 9.59 Å². The molecule has 4 N–H and O–H groups in total. The Morgan fingerprint density at radius 2 is 2.20 bits per heavy atom. The van der Waals surface area contributed by atoms with E-state index in [0.29, 0.717) is 11.4 Å². The van der Waals surface area contributed by atoms with Crippen LogP contribution in [-0.4, -0.2) is 30.8 Å². The van der Waals surface area contributed by atoms with Crippen LogP contribution >= 0.6 is 11.8 Å². The molecule has 20 heavy (non-hydrogen) atoms. The van der Waals surface area contributed by atoms with Gasteiger partial charge in [0.05, 0.1) is 12.9 Å². The lowest BCUT2D eigenvalue weighted by Crippen LogP contribution is -2.41. The highest BCUT2D eigenvalue weighted by molar-refractivity contribution is 8.00. The molecule has 1 aromatic carbocycles. The summed E-state index contributed by atoms with van der Waals surface area (Å²) in [4.78, 5) is 23.8. The van der Waals surface area contributed by atoms with Crippen molar-refractivity contribution in [2.75, 3.05) is 18.6 Å². The van der Waals surface area contributed by atoms with E-state index in [0.717, 1.165) is 17.7 Å². The molecule has 1 aliphatic carbocycles. The van der Waals surface area contributed by atoms with Crippen molar-refractivity contribution >= 4 is 29.4 Å². The Morgan fingerprint density at radius 3 is 2.85 bits per heavy atom. The normalized spacial score (nSPS) is 13.7. The minimum Gasteiger partial charge on any atom is -0.496 e. The number of ether oxygens (including phenoxy) is 1. The smallest absolute Gasteiger partial charge is 0.321 e. The number of carbonyl (C=O) groups is 2. The van der Waals surface area contributed by atoms with Gasteiger partial charge in [0.15, 0.2) is 0 Å². The van der Waals surface area contributed by atoms with Crippen LogP contribution in [0.25, 0.3) is 0 Å². The number of hydrogen-bond donors (Lipinski definition) is 3. The van der Waals surface area contributed by atoms with Gasteiger partial charge < -0.3 is 15.8 Å². The number of carbonyl (C=O) groups excluding carboxylic acids is 2. The minimum absolute atomic E-state index is 0.137. The number of nitrogen functional groups attached to an aromatic ring is 1. The Hall–Kier alpha value is -1.89. The highest BCUT2D eigenvalue weighted by atomic mass is 32.2. The molecule has 1 aliphatic rings. The molecule has 0 spiro atoms. The number of nitrogens with one attached hydrogen (secondary N) is 2. The lowest BCUT2D eigenvalue weighted by molar-refractivity contribution is -0.117. The number of methoxy groups -OCH3 is 1. The molecule has 7 heteroatoms. The van der Waals surface area contributed by atoms with Crippen LogP contribution in [0.3, 0.4) is 0 Å². The van der Waals surface area contributed by atoms with Crippen LogP contribution in [-0.2, 0) is 4.79 Å². The Morgan fingerprint density at radius 1 is 1.45 bits per heavy atom. The zero-order chi connectivity index (χ0) is 14.5. The third-order valence-electron chi connectivity index (χ3n) is 2.71. The largest absolute Gasteiger partial charge is 0.496 e. The average Bonchev–Trinajstić information content (AvgIpc) is 3.20. The maximum absolute atomic E-state index is 11.6. The molecule has 1 saturated carbocycles. The molecule has 0 bridgehead atoms. The monoisotopic (exact) mass is 295 g/mol. The first kappa shape index (κ1) is 14.5. The molecule has 0 radical (unpaired) electrons. The molecule has 0 atom stereocenters. The summed E-state index contributed by atoms with van der Waals surface area (Å²) >= 11 is 1.29. The number of amides is 3. The number of anilines is 1. The number of nitrogens with two attached hydrogens (primary N) is 1. The van der Waals surface area contributed by atoms with Gasteiger partial charge in [-0.15, -0.1) is 11.8 Å². The Kier molecular flexibility index (Phi) is 4.73. The van der Waals surface area contributed by atoms with Gasteiger partial charge in [-0.3, -0.25) is 10.1 Å². The number of benzene rings is 1. The fourth-order valence-corrected chi connectivity index (χ4v) is 2.37. The van der Waals surface area contributed by atoms with Crippen molar-refractivity contribution in [3.8, 4) is 5.75 Å². The molecule has 6 nitrogen and oxygen atoms in total. The maximum atomic E-state index is 11.6. The van der Waals surface area contributed by atoms with E-state index < -0.39 is 6.03 Å². The highest BCUT2D eigenvalue weighted by Gasteiger charge is 2.23. The zero-order valence-corrected chi connectivity index (χ0v) is 12.0. The molecular formula is C13H17N3O3S. The molecule has 3 amide bonds. The third kappa shape index (κ3) is 4.34. The third-order valence-corrected chi connectivity index (χ3v) is 3.77.